The quantitative estimate of drug-likeness (QED) is 0.280. The van der Waals surface area contributed by atoms with Crippen LogP contribution in [0.15, 0.2) is 47.4 Å². The second-order valence-corrected chi connectivity index (χ2v) is 16.0. The molecule has 0 radical (unpaired) electrons. The topological polar surface area (TPSA) is 148 Å². The smallest absolute Gasteiger partial charge is 0.407 e. The van der Waals surface area contributed by atoms with Gasteiger partial charge in [-0.3, -0.25) is 9.80 Å². The van der Waals surface area contributed by atoms with Crippen molar-refractivity contribution in [2.75, 3.05) is 64.4 Å². The molecule has 0 bridgehead atoms. The van der Waals surface area contributed by atoms with E-state index in [1.54, 1.807) is 6.07 Å². The van der Waals surface area contributed by atoms with Crippen molar-refractivity contribution in [1.29, 1.82) is 0 Å². The Morgan fingerprint density at radius 3 is 2.62 bits per heavy atom. The predicted molar refractivity (Wildman–Crippen MR) is 178 cm³/mol. The van der Waals surface area contributed by atoms with Crippen LogP contribution in [0.1, 0.15) is 25.8 Å². The molecule has 13 nitrogen and oxygen atoms in total. The fourth-order valence-corrected chi connectivity index (χ4v) is 9.43. The molecule has 5 atom stereocenters. The monoisotopic (exact) mass is 707 g/mol. The van der Waals surface area contributed by atoms with E-state index in [-0.39, 0.29) is 49.6 Å². The number of hydrogen-bond acceptors (Lipinski definition) is 11. The van der Waals surface area contributed by atoms with Crippen LogP contribution in [-0.4, -0.2) is 128 Å². The van der Waals surface area contributed by atoms with E-state index >= 15 is 0 Å². The molecule has 264 valence electrons. The number of fused-ring (bicyclic) bond motifs is 2. The van der Waals surface area contributed by atoms with Gasteiger partial charge in [0.1, 0.15) is 12.4 Å². The van der Waals surface area contributed by atoms with Gasteiger partial charge in [-0.1, -0.05) is 26.0 Å². The maximum absolute atomic E-state index is 14.0. The molecule has 0 aliphatic carbocycles. The Morgan fingerprint density at radius 2 is 1.90 bits per heavy atom. The van der Waals surface area contributed by atoms with E-state index in [4.69, 9.17) is 23.7 Å². The highest BCUT2D eigenvalue weighted by molar-refractivity contribution is 7.99. The van der Waals surface area contributed by atoms with Crippen molar-refractivity contribution in [3.63, 3.8) is 0 Å². The fourth-order valence-electron chi connectivity index (χ4n) is 6.76. The molecule has 0 saturated carbocycles. The van der Waals surface area contributed by atoms with E-state index in [0.717, 1.165) is 30.3 Å². The molecule has 0 spiro atoms. The van der Waals surface area contributed by atoms with Gasteiger partial charge < -0.3 is 33.9 Å². The summed E-state index contributed by atoms with van der Waals surface area (Å²) in [6.07, 6.45) is -2.32. The highest BCUT2D eigenvalue weighted by Crippen LogP contribution is 2.37. The summed E-state index contributed by atoms with van der Waals surface area (Å²) in [5.74, 6) is 3.36. The van der Waals surface area contributed by atoms with Gasteiger partial charge in [0.05, 0.1) is 36.3 Å². The van der Waals surface area contributed by atoms with Crippen LogP contribution < -0.4 is 14.2 Å². The van der Waals surface area contributed by atoms with Gasteiger partial charge in [0.15, 0.2) is 17.8 Å². The maximum atomic E-state index is 14.0. The molecule has 4 aliphatic rings. The molecule has 3 saturated heterocycles. The van der Waals surface area contributed by atoms with Crippen molar-refractivity contribution >= 4 is 27.9 Å². The Morgan fingerprint density at radius 1 is 1.10 bits per heavy atom. The van der Waals surface area contributed by atoms with E-state index < -0.39 is 40.6 Å². The van der Waals surface area contributed by atoms with Gasteiger partial charge >= 0.3 is 6.09 Å². The second-order valence-electron chi connectivity index (χ2n) is 13.0. The van der Waals surface area contributed by atoms with Crippen molar-refractivity contribution < 1.29 is 47.1 Å². The molecule has 4 aliphatic heterocycles. The number of thioether (sulfide) groups is 1. The molecule has 0 unspecified atom stereocenters. The number of ether oxygens (including phenoxy) is 5. The summed E-state index contributed by atoms with van der Waals surface area (Å²) in [5, 5.41) is 22.6. The standard InChI is InChI=1S/C33H45N3O10S2/c1-22(2)17-35(48(40,41)25-7-8-30-31(16-25)46-21-45-30)18-29(37)27(36(33(38)39)28-19-44-32-26(28)9-12-43-32)15-23-3-5-24(6-4-23)42-13-10-34-11-14-47-20-34/h3-8,16,22,26-29,32,37H,9-15,17-21H2,1-2H3,(H,38,39)/t26-,27-,28-,29+,32+/m0/s1. The summed E-state index contributed by atoms with van der Waals surface area (Å²) in [6.45, 7) is 6.61. The van der Waals surface area contributed by atoms with Crippen molar-refractivity contribution in [3.8, 4) is 17.2 Å². The molecule has 1 amide bonds. The average Bonchev–Trinajstić information content (AvgIpc) is 3.87. The van der Waals surface area contributed by atoms with Crippen LogP contribution in [0.4, 0.5) is 4.79 Å². The second kappa shape index (κ2) is 15.4. The lowest BCUT2D eigenvalue weighted by Gasteiger charge is -2.39. The van der Waals surface area contributed by atoms with E-state index in [1.165, 1.54) is 21.3 Å². The van der Waals surface area contributed by atoms with E-state index in [2.05, 4.69) is 4.90 Å². The SMILES string of the molecule is CC(C)CN(C[C@@H](O)[C@H](Cc1ccc(OCCN2CCSC2)cc1)N(C(=O)O)[C@H]1CO[C@H]2OCC[C@H]21)S(=O)(=O)c1ccc2c(c1)OCO2. The molecule has 48 heavy (non-hydrogen) atoms. The van der Waals surface area contributed by atoms with Crippen molar-refractivity contribution in [1.82, 2.24) is 14.1 Å². The zero-order valence-corrected chi connectivity index (χ0v) is 28.9. The lowest BCUT2D eigenvalue weighted by Crippen LogP contribution is -2.57. The molecular weight excluding hydrogens is 663 g/mol. The largest absolute Gasteiger partial charge is 0.492 e. The van der Waals surface area contributed by atoms with Gasteiger partial charge in [0.2, 0.25) is 16.8 Å². The molecule has 3 fully saturated rings. The lowest BCUT2D eigenvalue weighted by molar-refractivity contribution is -0.0906. The Balaban J connectivity index is 1.24. The van der Waals surface area contributed by atoms with E-state index in [9.17, 15) is 23.4 Å². The number of carboxylic acid groups (broad SMARTS) is 1. The van der Waals surface area contributed by atoms with E-state index in [1.807, 2.05) is 49.9 Å². The summed E-state index contributed by atoms with van der Waals surface area (Å²) < 4.78 is 57.5. The lowest BCUT2D eigenvalue weighted by atomic mass is 9.93. The number of aliphatic hydroxyl groups excluding tert-OH is 1. The molecule has 15 heteroatoms. The van der Waals surface area contributed by atoms with Crippen LogP contribution in [0.3, 0.4) is 0 Å². The molecule has 2 N–H and O–H groups in total. The van der Waals surface area contributed by atoms with Gasteiger partial charge in [-0.2, -0.15) is 4.31 Å². The van der Waals surface area contributed by atoms with Gasteiger partial charge in [0.25, 0.3) is 0 Å². The van der Waals surface area contributed by atoms with Crippen LogP contribution in [-0.2, 0) is 25.9 Å². The zero-order chi connectivity index (χ0) is 33.8. The third kappa shape index (κ3) is 7.98. The number of amides is 1. The first-order chi connectivity index (χ1) is 23.1. The number of carbonyl (C=O) groups is 1. The number of benzene rings is 2. The first-order valence-electron chi connectivity index (χ1n) is 16.4. The summed E-state index contributed by atoms with van der Waals surface area (Å²) >= 11 is 1.91. The number of hydrogen-bond donors (Lipinski definition) is 2. The predicted octanol–water partition coefficient (Wildman–Crippen LogP) is 3.16. The minimum atomic E-state index is -4.11. The first-order valence-corrected chi connectivity index (χ1v) is 19.0. The number of rotatable bonds is 15. The summed E-state index contributed by atoms with van der Waals surface area (Å²) in [5.41, 5.74) is 0.778. The Labute approximate surface area is 286 Å². The minimum absolute atomic E-state index is 0.000420. The number of aliphatic hydroxyl groups is 1. The maximum Gasteiger partial charge on any atom is 0.407 e. The molecular formula is C33H45N3O10S2. The Bertz CT molecular complexity index is 1510. The highest BCUT2D eigenvalue weighted by Gasteiger charge is 2.49. The van der Waals surface area contributed by atoms with E-state index in [0.29, 0.717) is 36.9 Å². The molecule has 0 aromatic heterocycles. The average molecular weight is 708 g/mol. The summed E-state index contributed by atoms with van der Waals surface area (Å²) in [7, 11) is -4.11. The highest BCUT2D eigenvalue weighted by atomic mass is 32.2. The molecule has 6 rings (SSSR count). The molecule has 2 aromatic rings. The third-order valence-electron chi connectivity index (χ3n) is 9.20. The van der Waals surface area contributed by atoms with Crippen molar-refractivity contribution in [2.24, 2.45) is 11.8 Å². The van der Waals surface area contributed by atoms with Gasteiger partial charge in [0, 0.05) is 49.8 Å². The zero-order valence-electron chi connectivity index (χ0n) is 27.3. The Hall–Kier alpha value is -2.79. The third-order valence-corrected chi connectivity index (χ3v) is 12.0. The number of nitrogens with zero attached hydrogens (tertiary/aromatic N) is 3. The van der Waals surface area contributed by atoms with Gasteiger partial charge in [-0.25, -0.2) is 13.2 Å². The Kier molecular flexibility index (Phi) is 11.2. The molecule has 4 heterocycles. The van der Waals surface area contributed by atoms with Crippen LogP contribution in [0.5, 0.6) is 17.2 Å². The number of sulfonamides is 1. The van der Waals surface area contributed by atoms with Crippen LogP contribution in [0.2, 0.25) is 0 Å². The first kappa shape index (κ1) is 35.1. The normalized spacial score (nSPS) is 23.5. The van der Waals surface area contributed by atoms with Crippen molar-refractivity contribution in [2.45, 2.75) is 56.1 Å². The van der Waals surface area contributed by atoms with Crippen molar-refractivity contribution in [3.05, 3.63) is 48.0 Å². The van der Waals surface area contributed by atoms with Crippen LogP contribution >= 0.6 is 11.8 Å². The summed E-state index contributed by atoms with van der Waals surface area (Å²) in [4.78, 5) is 16.6. The van der Waals surface area contributed by atoms with Gasteiger partial charge in [-0.15, -0.1) is 11.8 Å². The van der Waals surface area contributed by atoms with Crippen LogP contribution in [0.25, 0.3) is 0 Å². The fraction of sp³-hybridized carbons (Fsp3) is 0.606. The minimum Gasteiger partial charge on any atom is -0.492 e. The van der Waals surface area contributed by atoms with Gasteiger partial charge in [-0.05, 0) is 48.6 Å². The van der Waals surface area contributed by atoms with Crippen LogP contribution in [0, 0.1) is 11.8 Å². The molecule has 2 aromatic carbocycles. The summed E-state index contributed by atoms with van der Waals surface area (Å²) in [6, 6.07) is 10.3.